The van der Waals surface area contributed by atoms with Gasteiger partial charge >= 0.3 is 15.6 Å². The number of rotatable bonds is 8. The normalized spacial score (nSPS) is 12.4. The third-order valence-corrected chi connectivity index (χ3v) is 6.13. The molecule has 0 unspecified atom stereocenters. The van der Waals surface area contributed by atoms with Crippen molar-refractivity contribution in [3.05, 3.63) is 65.2 Å². The topological polar surface area (TPSA) is 43.4 Å². The SMILES string of the molecule is CCCCCCc1cc(F)c(-c2cc(F)c3c(F)c(OS(=O)(=O)C(F)(F)F)ccc3c2)c(F)c1. The summed E-state index contributed by atoms with van der Waals surface area (Å²) in [5, 5.41) is -1.17. The Kier molecular flexibility index (Phi) is 7.44. The van der Waals surface area contributed by atoms with Crippen molar-refractivity contribution in [1.82, 2.24) is 0 Å². The highest BCUT2D eigenvalue weighted by Gasteiger charge is 2.49. The quantitative estimate of drug-likeness (QED) is 0.138. The van der Waals surface area contributed by atoms with Crippen molar-refractivity contribution < 1.29 is 43.3 Å². The Morgan fingerprint density at radius 2 is 1.50 bits per heavy atom. The maximum absolute atomic E-state index is 14.7. The molecule has 3 rings (SSSR count). The van der Waals surface area contributed by atoms with Gasteiger partial charge in [0.15, 0.2) is 11.6 Å². The van der Waals surface area contributed by atoms with Gasteiger partial charge in [-0.15, -0.1) is 0 Å². The van der Waals surface area contributed by atoms with Gasteiger partial charge in [0, 0.05) is 0 Å². The van der Waals surface area contributed by atoms with E-state index in [0.717, 1.165) is 49.9 Å². The van der Waals surface area contributed by atoms with Crippen molar-refractivity contribution in [3.8, 4) is 16.9 Å². The fraction of sp³-hybridized carbons (Fsp3) is 0.304. The van der Waals surface area contributed by atoms with Crippen LogP contribution in [0.2, 0.25) is 0 Å². The van der Waals surface area contributed by atoms with E-state index in [1.807, 2.05) is 6.92 Å². The Balaban J connectivity index is 2.00. The molecule has 0 bridgehead atoms. The second-order valence-corrected chi connectivity index (χ2v) is 9.20. The van der Waals surface area contributed by atoms with E-state index in [1.165, 1.54) is 0 Å². The maximum Gasteiger partial charge on any atom is 0.534 e. The van der Waals surface area contributed by atoms with Gasteiger partial charge in [0.2, 0.25) is 0 Å². The van der Waals surface area contributed by atoms with Crippen molar-refractivity contribution in [1.29, 1.82) is 0 Å². The lowest BCUT2D eigenvalue weighted by molar-refractivity contribution is -0.0500. The van der Waals surface area contributed by atoms with Crippen LogP contribution in [0.4, 0.5) is 30.7 Å². The highest BCUT2D eigenvalue weighted by molar-refractivity contribution is 7.88. The summed E-state index contributed by atoms with van der Waals surface area (Å²) in [6.07, 6.45) is 4.09. The van der Waals surface area contributed by atoms with E-state index >= 15 is 0 Å². The molecular weight excluding hydrogens is 489 g/mol. The van der Waals surface area contributed by atoms with Gasteiger partial charge in [0.1, 0.15) is 17.5 Å². The lowest BCUT2D eigenvalue weighted by Crippen LogP contribution is -2.28. The minimum Gasteiger partial charge on any atom is -0.373 e. The van der Waals surface area contributed by atoms with Crippen LogP contribution in [0.15, 0.2) is 36.4 Å². The maximum atomic E-state index is 14.7. The molecule has 0 N–H and O–H groups in total. The third kappa shape index (κ3) is 5.29. The monoisotopic (exact) mass is 508 g/mol. The molecule has 3 aromatic rings. The first kappa shape index (κ1) is 25.8. The lowest BCUT2D eigenvalue weighted by Gasteiger charge is -2.13. The molecule has 0 saturated carbocycles. The number of hydrogen-bond donors (Lipinski definition) is 0. The van der Waals surface area contributed by atoms with E-state index in [0.29, 0.717) is 24.1 Å². The molecule has 3 nitrogen and oxygen atoms in total. The standard InChI is InChI=1S/C23H19F7O3S/c1-2-3-4-5-6-13-9-16(24)20(17(25)10-13)15-11-14-7-8-19(22(27)21(14)18(26)12-15)33-34(31,32)23(28,29)30/h7-12H,2-6H2,1H3. The Morgan fingerprint density at radius 1 is 0.853 bits per heavy atom. The highest BCUT2D eigenvalue weighted by Crippen LogP contribution is 2.36. The smallest absolute Gasteiger partial charge is 0.373 e. The Bertz CT molecular complexity index is 1300. The predicted octanol–water partition coefficient (Wildman–Crippen LogP) is 7.41. The van der Waals surface area contributed by atoms with Gasteiger partial charge in [0.05, 0.1) is 10.9 Å². The van der Waals surface area contributed by atoms with Gasteiger partial charge in [-0.25, -0.2) is 17.6 Å². The minimum atomic E-state index is -6.19. The third-order valence-electron chi connectivity index (χ3n) is 5.16. The molecule has 184 valence electrons. The van der Waals surface area contributed by atoms with Gasteiger partial charge in [-0.1, -0.05) is 32.3 Å². The summed E-state index contributed by atoms with van der Waals surface area (Å²) < 4.78 is 122. The predicted molar refractivity (Wildman–Crippen MR) is 113 cm³/mol. The zero-order valence-corrected chi connectivity index (χ0v) is 18.6. The molecule has 11 heteroatoms. The molecule has 0 saturated heterocycles. The Morgan fingerprint density at radius 3 is 2.09 bits per heavy atom. The first-order valence-electron chi connectivity index (χ1n) is 10.3. The number of halogens is 7. The molecule has 3 aromatic carbocycles. The Hall–Kier alpha value is -2.82. The van der Waals surface area contributed by atoms with Crippen LogP contribution in [0.5, 0.6) is 5.75 Å². The largest absolute Gasteiger partial charge is 0.534 e. The van der Waals surface area contributed by atoms with Crippen LogP contribution >= 0.6 is 0 Å². The molecule has 0 fully saturated rings. The summed E-state index contributed by atoms with van der Waals surface area (Å²) in [6.45, 7) is 2.03. The molecule has 0 amide bonds. The number of unbranched alkanes of at least 4 members (excludes halogenated alkanes) is 3. The molecule has 0 aliphatic carbocycles. The second kappa shape index (κ2) is 9.81. The van der Waals surface area contributed by atoms with Crippen molar-refractivity contribution in [2.75, 3.05) is 0 Å². The molecule has 0 aliphatic rings. The summed E-state index contributed by atoms with van der Waals surface area (Å²) in [6, 6.07) is 5.33. The van der Waals surface area contributed by atoms with E-state index in [2.05, 4.69) is 4.18 Å². The van der Waals surface area contributed by atoms with Crippen LogP contribution in [0.3, 0.4) is 0 Å². The van der Waals surface area contributed by atoms with Gasteiger partial charge in [-0.05, 0) is 59.7 Å². The molecule has 0 aromatic heterocycles. The fourth-order valence-corrected chi connectivity index (χ4v) is 3.99. The average Bonchev–Trinajstić information content (AvgIpc) is 2.71. The molecule has 0 heterocycles. The van der Waals surface area contributed by atoms with E-state index in [-0.39, 0.29) is 10.9 Å². The summed E-state index contributed by atoms with van der Waals surface area (Å²) in [4.78, 5) is 0. The zero-order valence-electron chi connectivity index (χ0n) is 17.8. The number of alkyl halides is 3. The van der Waals surface area contributed by atoms with Crippen LogP contribution in [0, 0.1) is 23.3 Å². The number of fused-ring (bicyclic) bond motifs is 1. The van der Waals surface area contributed by atoms with Crippen LogP contribution < -0.4 is 4.18 Å². The zero-order chi connectivity index (χ0) is 25.3. The number of hydrogen-bond acceptors (Lipinski definition) is 3. The highest BCUT2D eigenvalue weighted by atomic mass is 32.2. The van der Waals surface area contributed by atoms with Crippen molar-refractivity contribution in [2.24, 2.45) is 0 Å². The van der Waals surface area contributed by atoms with E-state index in [1.54, 1.807) is 0 Å². The van der Waals surface area contributed by atoms with Crippen molar-refractivity contribution in [3.63, 3.8) is 0 Å². The molecule has 34 heavy (non-hydrogen) atoms. The first-order chi connectivity index (χ1) is 15.9. The summed E-state index contributed by atoms with van der Waals surface area (Å²) in [7, 11) is -6.19. The van der Waals surface area contributed by atoms with Crippen LogP contribution in [0.1, 0.15) is 38.2 Å². The minimum absolute atomic E-state index is 0.270. The average molecular weight is 508 g/mol. The van der Waals surface area contributed by atoms with E-state index in [4.69, 9.17) is 0 Å². The van der Waals surface area contributed by atoms with E-state index < -0.39 is 55.6 Å². The molecule has 0 aliphatic heterocycles. The second-order valence-electron chi connectivity index (χ2n) is 7.66. The summed E-state index contributed by atoms with van der Waals surface area (Å²) >= 11 is 0. The molecule has 0 atom stereocenters. The first-order valence-corrected chi connectivity index (χ1v) is 11.7. The number of benzene rings is 3. The number of aryl methyl sites for hydroxylation is 1. The van der Waals surface area contributed by atoms with Gasteiger partial charge < -0.3 is 4.18 Å². The van der Waals surface area contributed by atoms with Crippen LogP contribution in [-0.2, 0) is 16.5 Å². The molecule has 0 radical (unpaired) electrons. The molecule has 0 spiro atoms. The van der Waals surface area contributed by atoms with Gasteiger partial charge in [-0.3, -0.25) is 0 Å². The lowest BCUT2D eigenvalue weighted by atomic mass is 9.97. The summed E-state index contributed by atoms with van der Waals surface area (Å²) in [5.74, 6) is -6.37. The van der Waals surface area contributed by atoms with Gasteiger partial charge in [-0.2, -0.15) is 21.6 Å². The van der Waals surface area contributed by atoms with Crippen molar-refractivity contribution in [2.45, 2.75) is 44.5 Å². The van der Waals surface area contributed by atoms with Gasteiger partial charge in [0.25, 0.3) is 0 Å². The van der Waals surface area contributed by atoms with Crippen LogP contribution in [-0.4, -0.2) is 13.9 Å². The Labute approximate surface area is 191 Å². The molecular formula is C23H19F7O3S. The summed E-state index contributed by atoms with van der Waals surface area (Å²) in [5.41, 5.74) is -6.23. The van der Waals surface area contributed by atoms with Crippen LogP contribution in [0.25, 0.3) is 21.9 Å². The fourth-order valence-electron chi connectivity index (χ4n) is 3.53. The van der Waals surface area contributed by atoms with Crippen molar-refractivity contribution >= 4 is 20.9 Å². The van der Waals surface area contributed by atoms with E-state index in [9.17, 15) is 39.2 Å².